The van der Waals surface area contributed by atoms with E-state index in [0.717, 1.165) is 12.4 Å². The number of pyridine rings is 1. The molecule has 0 fully saturated rings. The van der Waals surface area contributed by atoms with E-state index in [2.05, 4.69) is 30.2 Å². The predicted octanol–water partition coefficient (Wildman–Crippen LogP) is -0.394. The van der Waals surface area contributed by atoms with Crippen LogP contribution in [0.5, 0.6) is 0 Å². The van der Waals surface area contributed by atoms with Gasteiger partial charge in [0, 0.05) is 12.7 Å². The molecule has 0 saturated carbocycles. The zero-order valence-electron chi connectivity index (χ0n) is 8.18. The van der Waals surface area contributed by atoms with E-state index < -0.39 is 0 Å². The van der Waals surface area contributed by atoms with Crippen molar-refractivity contribution in [2.24, 2.45) is 0 Å². The predicted molar refractivity (Wildman–Crippen MR) is 52.4 cm³/mol. The first-order valence-corrected chi connectivity index (χ1v) is 4.49. The molecule has 2 nitrogen and oxygen atoms in total. The summed E-state index contributed by atoms with van der Waals surface area (Å²) in [5.41, 5.74) is 1.25. The van der Waals surface area contributed by atoms with Crippen LogP contribution in [0.15, 0.2) is 18.3 Å². The molecule has 13 heavy (non-hydrogen) atoms. The van der Waals surface area contributed by atoms with Gasteiger partial charge in [-0.2, -0.15) is 0 Å². The minimum Gasteiger partial charge on any atom is -1.00 e. The van der Waals surface area contributed by atoms with E-state index in [0.29, 0.717) is 0 Å². The monoisotopic (exact) mass is 291 g/mol. The molecule has 0 unspecified atom stereocenters. The van der Waals surface area contributed by atoms with Gasteiger partial charge in [-0.1, -0.05) is 13.3 Å². The van der Waals surface area contributed by atoms with Crippen molar-refractivity contribution in [3.05, 3.63) is 23.9 Å². The Kier molecular flexibility index (Phi) is 6.94. The van der Waals surface area contributed by atoms with Crippen molar-refractivity contribution in [2.45, 2.75) is 26.7 Å². The Bertz CT molecular complexity index is 238. The van der Waals surface area contributed by atoms with Crippen LogP contribution in [-0.4, -0.2) is 11.5 Å². The Morgan fingerprint density at radius 3 is 2.85 bits per heavy atom. The molecule has 74 valence electrons. The third-order valence-corrected chi connectivity index (χ3v) is 1.75. The third-order valence-electron chi connectivity index (χ3n) is 1.75. The van der Waals surface area contributed by atoms with Crippen molar-refractivity contribution in [1.29, 1.82) is 0 Å². The minimum atomic E-state index is 0. The highest BCUT2D eigenvalue weighted by molar-refractivity contribution is 5.36. The van der Waals surface area contributed by atoms with Crippen LogP contribution in [-0.2, 0) is 0 Å². The van der Waals surface area contributed by atoms with Gasteiger partial charge in [-0.15, -0.1) is 0 Å². The molecule has 1 aromatic heterocycles. The van der Waals surface area contributed by atoms with Crippen molar-refractivity contribution >= 4 is 5.82 Å². The molecule has 1 N–H and O–H groups in total. The number of nitrogens with zero attached hydrogens (tertiary/aromatic N) is 1. The molecule has 0 bridgehead atoms. The number of aryl methyl sites for hydroxylation is 1. The highest BCUT2D eigenvalue weighted by Gasteiger charge is 1.91. The number of unbranched alkanes of at least 4 members (excludes halogenated alkanes) is 1. The first kappa shape index (κ1) is 12.7. The smallest absolute Gasteiger partial charge is 0.126 e. The zero-order valence-corrected chi connectivity index (χ0v) is 10.3. The fourth-order valence-corrected chi connectivity index (χ4v) is 1.03. The van der Waals surface area contributed by atoms with Gasteiger partial charge in [-0.25, -0.2) is 4.98 Å². The molecule has 1 rings (SSSR count). The number of hydrogen-bond acceptors (Lipinski definition) is 2. The van der Waals surface area contributed by atoms with Gasteiger partial charge in [0.1, 0.15) is 5.82 Å². The van der Waals surface area contributed by atoms with Crippen molar-refractivity contribution in [3.63, 3.8) is 0 Å². The highest BCUT2D eigenvalue weighted by Crippen LogP contribution is 2.04. The topological polar surface area (TPSA) is 24.9 Å². The minimum absolute atomic E-state index is 0. The van der Waals surface area contributed by atoms with Crippen molar-refractivity contribution in [1.82, 2.24) is 4.98 Å². The Hall–Kier alpha value is -0.320. The first-order valence-electron chi connectivity index (χ1n) is 4.49. The van der Waals surface area contributed by atoms with Gasteiger partial charge >= 0.3 is 0 Å². The summed E-state index contributed by atoms with van der Waals surface area (Å²) in [6.07, 6.45) is 4.26. The third kappa shape index (κ3) is 5.08. The molecule has 3 heteroatoms. The van der Waals surface area contributed by atoms with Crippen molar-refractivity contribution in [2.75, 3.05) is 11.9 Å². The van der Waals surface area contributed by atoms with E-state index in [1.165, 1.54) is 18.4 Å². The number of aromatic nitrogens is 1. The zero-order chi connectivity index (χ0) is 8.81. The second-order valence-corrected chi connectivity index (χ2v) is 3.00. The summed E-state index contributed by atoms with van der Waals surface area (Å²) in [7, 11) is 0. The lowest BCUT2D eigenvalue weighted by molar-refractivity contribution is -0.00000273. The quantitative estimate of drug-likeness (QED) is 0.603. The molecule has 0 radical (unpaired) electrons. The second-order valence-electron chi connectivity index (χ2n) is 3.00. The summed E-state index contributed by atoms with van der Waals surface area (Å²) >= 11 is 0. The van der Waals surface area contributed by atoms with E-state index in [9.17, 15) is 0 Å². The molecular formula is C10H16IN2-. The molecule has 0 aromatic carbocycles. The SMILES string of the molecule is CCCCNc1cc(C)ccn1.[I-]. The molecular weight excluding hydrogens is 275 g/mol. The van der Waals surface area contributed by atoms with Crippen molar-refractivity contribution in [3.8, 4) is 0 Å². The highest BCUT2D eigenvalue weighted by atomic mass is 127. The fraction of sp³-hybridized carbons (Fsp3) is 0.500. The maximum absolute atomic E-state index is 4.20. The Labute approximate surface area is 97.2 Å². The molecule has 0 aliphatic heterocycles. The fourth-order valence-electron chi connectivity index (χ4n) is 1.03. The Balaban J connectivity index is 0.00000144. The van der Waals surface area contributed by atoms with Gasteiger partial charge < -0.3 is 29.3 Å². The number of nitrogens with one attached hydrogen (secondary N) is 1. The molecule has 0 atom stereocenters. The summed E-state index contributed by atoms with van der Waals surface area (Å²) in [6.45, 7) is 5.28. The average Bonchev–Trinajstić information content (AvgIpc) is 2.05. The number of halogens is 1. The number of rotatable bonds is 4. The van der Waals surface area contributed by atoms with Crippen LogP contribution in [0.25, 0.3) is 0 Å². The molecule has 0 spiro atoms. The molecule has 1 heterocycles. The maximum Gasteiger partial charge on any atom is 0.126 e. The Morgan fingerprint density at radius 2 is 2.23 bits per heavy atom. The van der Waals surface area contributed by atoms with E-state index in [4.69, 9.17) is 0 Å². The molecule has 0 amide bonds. The lowest BCUT2D eigenvalue weighted by atomic mass is 10.3. The summed E-state index contributed by atoms with van der Waals surface area (Å²) in [4.78, 5) is 4.20. The average molecular weight is 291 g/mol. The normalized spacial score (nSPS) is 9.08. The van der Waals surface area contributed by atoms with Gasteiger partial charge in [-0.3, -0.25) is 0 Å². The lowest BCUT2D eigenvalue weighted by Gasteiger charge is -2.03. The van der Waals surface area contributed by atoms with Crippen LogP contribution >= 0.6 is 0 Å². The van der Waals surface area contributed by atoms with Crippen LogP contribution in [0.1, 0.15) is 25.3 Å². The Morgan fingerprint density at radius 1 is 1.46 bits per heavy atom. The van der Waals surface area contributed by atoms with Crippen molar-refractivity contribution < 1.29 is 24.0 Å². The van der Waals surface area contributed by atoms with Gasteiger partial charge in [0.15, 0.2) is 0 Å². The number of anilines is 1. The molecule has 0 aliphatic carbocycles. The molecule has 0 aliphatic rings. The van der Waals surface area contributed by atoms with E-state index >= 15 is 0 Å². The van der Waals surface area contributed by atoms with Crippen LogP contribution in [0.3, 0.4) is 0 Å². The summed E-state index contributed by atoms with van der Waals surface area (Å²) in [5.74, 6) is 0.989. The van der Waals surface area contributed by atoms with Gasteiger partial charge in [0.05, 0.1) is 0 Å². The maximum atomic E-state index is 4.20. The summed E-state index contributed by atoms with van der Waals surface area (Å²) < 4.78 is 0. The van der Waals surface area contributed by atoms with Crippen LogP contribution in [0, 0.1) is 6.92 Å². The summed E-state index contributed by atoms with van der Waals surface area (Å²) in [5, 5.41) is 3.28. The van der Waals surface area contributed by atoms with Crippen LogP contribution < -0.4 is 29.3 Å². The summed E-state index contributed by atoms with van der Waals surface area (Å²) in [6, 6.07) is 4.07. The van der Waals surface area contributed by atoms with E-state index in [-0.39, 0.29) is 24.0 Å². The standard InChI is InChI=1S/C10H16N2.HI/c1-3-4-6-11-10-8-9(2)5-7-12-10;/h5,7-8H,3-4,6H2,1-2H3,(H,11,12);1H/p-1. The second kappa shape index (κ2) is 7.12. The van der Waals surface area contributed by atoms with Gasteiger partial charge in [-0.05, 0) is 31.0 Å². The lowest BCUT2D eigenvalue weighted by Crippen LogP contribution is -3.00. The van der Waals surface area contributed by atoms with E-state index in [1.54, 1.807) is 0 Å². The van der Waals surface area contributed by atoms with Crippen LogP contribution in [0.2, 0.25) is 0 Å². The van der Waals surface area contributed by atoms with Gasteiger partial charge in [0.2, 0.25) is 0 Å². The number of hydrogen-bond donors (Lipinski definition) is 1. The first-order chi connectivity index (χ1) is 5.83. The van der Waals surface area contributed by atoms with Gasteiger partial charge in [0.25, 0.3) is 0 Å². The molecule has 0 saturated heterocycles. The van der Waals surface area contributed by atoms with Crippen LogP contribution in [0.4, 0.5) is 5.82 Å². The van der Waals surface area contributed by atoms with E-state index in [1.807, 2.05) is 12.3 Å². The largest absolute Gasteiger partial charge is 1.00 e. The molecule has 1 aromatic rings.